The van der Waals surface area contributed by atoms with E-state index < -0.39 is 6.04 Å². The molecule has 1 aromatic carbocycles. The maximum absolute atomic E-state index is 11.9. The number of urea groups is 1. The van der Waals surface area contributed by atoms with Gasteiger partial charge in [0.2, 0.25) is 0 Å². The molecule has 1 atom stereocenters. The molecule has 22 heavy (non-hydrogen) atoms. The van der Waals surface area contributed by atoms with Crippen molar-refractivity contribution < 1.29 is 9.90 Å². The first-order valence-corrected chi connectivity index (χ1v) is 8.16. The molecular formula is C16H24ClN3O2. The number of aliphatic hydroxyl groups is 1. The molecule has 1 aliphatic carbocycles. The molecule has 122 valence electrons. The molecule has 0 aliphatic heterocycles. The molecule has 1 saturated carbocycles. The lowest BCUT2D eigenvalue weighted by atomic mass is 10.1. The third-order valence-corrected chi connectivity index (χ3v) is 4.17. The third kappa shape index (κ3) is 5.16. The van der Waals surface area contributed by atoms with Gasteiger partial charge in [0, 0.05) is 24.2 Å². The fraction of sp³-hybridized carbons (Fsp3) is 0.562. The van der Waals surface area contributed by atoms with E-state index in [1.807, 2.05) is 0 Å². The molecule has 5 nitrogen and oxygen atoms in total. The van der Waals surface area contributed by atoms with Crippen molar-refractivity contribution in [1.29, 1.82) is 0 Å². The summed E-state index contributed by atoms with van der Waals surface area (Å²) in [5, 5.41) is 15.7. The van der Waals surface area contributed by atoms with Crippen molar-refractivity contribution >= 4 is 17.6 Å². The van der Waals surface area contributed by atoms with E-state index in [0.717, 1.165) is 18.7 Å². The summed E-state index contributed by atoms with van der Waals surface area (Å²) < 4.78 is 0. The number of aliphatic hydroxyl groups excluding tert-OH is 1. The van der Waals surface area contributed by atoms with E-state index in [2.05, 4.69) is 22.5 Å². The van der Waals surface area contributed by atoms with Crippen LogP contribution >= 0.6 is 11.6 Å². The molecule has 0 aromatic heterocycles. The highest BCUT2D eigenvalue weighted by molar-refractivity contribution is 6.30. The van der Waals surface area contributed by atoms with Gasteiger partial charge in [-0.3, -0.25) is 4.90 Å². The van der Waals surface area contributed by atoms with E-state index >= 15 is 0 Å². The van der Waals surface area contributed by atoms with Crippen LogP contribution in [-0.4, -0.2) is 48.3 Å². The molecule has 0 heterocycles. The van der Waals surface area contributed by atoms with Gasteiger partial charge in [0.25, 0.3) is 0 Å². The zero-order valence-corrected chi connectivity index (χ0v) is 13.6. The zero-order chi connectivity index (χ0) is 15.9. The zero-order valence-electron chi connectivity index (χ0n) is 12.9. The molecular weight excluding hydrogens is 302 g/mol. The van der Waals surface area contributed by atoms with Crippen molar-refractivity contribution in [3.05, 3.63) is 34.9 Å². The van der Waals surface area contributed by atoms with Crippen LogP contribution in [-0.2, 0) is 0 Å². The second-order valence-corrected chi connectivity index (χ2v) is 5.98. The highest BCUT2D eigenvalue weighted by Crippen LogP contribution is 2.25. The standard InChI is InChI=1S/C16H24ClN3O2/c1-2-20(14-7-8-14)10-9-18-16(22)19-15(11-21)12-3-5-13(17)6-4-12/h3-6,14-15,21H,2,7-11H2,1H3,(H2,18,19,22). The Morgan fingerprint density at radius 1 is 1.41 bits per heavy atom. The van der Waals surface area contributed by atoms with Crippen molar-refractivity contribution in [3.8, 4) is 0 Å². The first-order valence-electron chi connectivity index (χ1n) is 7.78. The van der Waals surface area contributed by atoms with Gasteiger partial charge >= 0.3 is 6.03 Å². The Bertz CT molecular complexity index is 477. The Labute approximate surface area is 136 Å². The van der Waals surface area contributed by atoms with Crippen LogP contribution in [0.15, 0.2) is 24.3 Å². The monoisotopic (exact) mass is 325 g/mol. The quantitative estimate of drug-likeness (QED) is 0.686. The first kappa shape index (κ1) is 17.1. The van der Waals surface area contributed by atoms with Gasteiger partial charge in [-0.2, -0.15) is 0 Å². The minimum Gasteiger partial charge on any atom is -0.394 e. The molecule has 2 rings (SSSR count). The molecule has 1 aromatic rings. The summed E-state index contributed by atoms with van der Waals surface area (Å²) in [6.45, 7) is 4.46. The highest BCUT2D eigenvalue weighted by atomic mass is 35.5. The van der Waals surface area contributed by atoms with Crippen LogP contribution in [0.5, 0.6) is 0 Å². The van der Waals surface area contributed by atoms with Crippen LogP contribution in [0.25, 0.3) is 0 Å². The van der Waals surface area contributed by atoms with E-state index in [1.54, 1.807) is 24.3 Å². The van der Waals surface area contributed by atoms with Crippen molar-refractivity contribution in [3.63, 3.8) is 0 Å². The number of carbonyl (C=O) groups is 1. The van der Waals surface area contributed by atoms with Gasteiger partial charge in [0.1, 0.15) is 0 Å². The molecule has 3 N–H and O–H groups in total. The van der Waals surface area contributed by atoms with Crippen LogP contribution in [0.3, 0.4) is 0 Å². The van der Waals surface area contributed by atoms with Gasteiger partial charge in [-0.05, 0) is 37.1 Å². The average Bonchev–Trinajstić information content (AvgIpc) is 3.35. The minimum absolute atomic E-state index is 0.155. The Morgan fingerprint density at radius 2 is 2.09 bits per heavy atom. The number of amides is 2. The van der Waals surface area contributed by atoms with Crippen LogP contribution in [0.1, 0.15) is 31.4 Å². The number of carbonyl (C=O) groups excluding carboxylic acids is 1. The van der Waals surface area contributed by atoms with E-state index in [-0.39, 0.29) is 12.6 Å². The predicted octanol–water partition coefficient (Wildman–Crippen LogP) is 2.16. The van der Waals surface area contributed by atoms with Gasteiger partial charge in [-0.25, -0.2) is 4.79 Å². The van der Waals surface area contributed by atoms with Gasteiger partial charge in [0.15, 0.2) is 0 Å². The lowest BCUT2D eigenvalue weighted by molar-refractivity contribution is 0.214. The summed E-state index contributed by atoms with van der Waals surface area (Å²) in [7, 11) is 0. The molecule has 1 fully saturated rings. The first-order chi connectivity index (χ1) is 10.6. The number of nitrogens with one attached hydrogen (secondary N) is 2. The van der Waals surface area contributed by atoms with E-state index in [0.29, 0.717) is 17.6 Å². The Hall–Kier alpha value is -1.30. The van der Waals surface area contributed by atoms with Gasteiger partial charge in [-0.1, -0.05) is 30.7 Å². The van der Waals surface area contributed by atoms with E-state index in [1.165, 1.54) is 12.8 Å². The number of hydrogen-bond acceptors (Lipinski definition) is 3. The van der Waals surface area contributed by atoms with Crippen LogP contribution in [0.2, 0.25) is 5.02 Å². The van der Waals surface area contributed by atoms with Crippen molar-refractivity contribution in [2.45, 2.75) is 31.8 Å². The Morgan fingerprint density at radius 3 is 2.64 bits per heavy atom. The second-order valence-electron chi connectivity index (χ2n) is 5.55. The molecule has 0 spiro atoms. The number of benzene rings is 1. The lowest BCUT2D eigenvalue weighted by Crippen LogP contribution is -2.43. The molecule has 6 heteroatoms. The summed E-state index contributed by atoms with van der Waals surface area (Å²) in [5.74, 6) is 0. The summed E-state index contributed by atoms with van der Waals surface area (Å²) in [5.41, 5.74) is 0.829. The smallest absolute Gasteiger partial charge is 0.315 e. The topological polar surface area (TPSA) is 64.6 Å². The largest absolute Gasteiger partial charge is 0.394 e. The SMILES string of the molecule is CCN(CCNC(=O)NC(CO)c1ccc(Cl)cc1)C1CC1. The number of hydrogen-bond donors (Lipinski definition) is 3. The summed E-state index contributed by atoms with van der Waals surface area (Å²) in [6.07, 6.45) is 2.53. The number of rotatable bonds is 8. The molecule has 1 aliphatic rings. The molecule has 2 amide bonds. The molecule has 0 saturated heterocycles. The fourth-order valence-electron chi connectivity index (χ4n) is 2.49. The minimum atomic E-state index is -0.428. The highest BCUT2D eigenvalue weighted by Gasteiger charge is 2.27. The number of likely N-dealkylation sites (N-methyl/N-ethyl adjacent to an activating group) is 1. The van der Waals surface area contributed by atoms with Crippen molar-refractivity contribution in [2.24, 2.45) is 0 Å². The van der Waals surface area contributed by atoms with Gasteiger partial charge < -0.3 is 15.7 Å². The normalized spacial score (nSPS) is 15.6. The van der Waals surface area contributed by atoms with E-state index in [9.17, 15) is 9.90 Å². The van der Waals surface area contributed by atoms with Crippen molar-refractivity contribution in [1.82, 2.24) is 15.5 Å². The molecule has 0 bridgehead atoms. The van der Waals surface area contributed by atoms with E-state index in [4.69, 9.17) is 11.6 Å². The Kier molecular flexibility index (Phi) is 6.49. The predicted molar refractivity (Wildman–Crippen MR) is 88.1 cm³/mol. The number of halogens is 1. The Balaban J connectivity index is 1.75. The summed E-state index contributed by atoms with van der Waals surface area (Å²) in [6, 6.07) is 7.10. The maximum Gasteiger partial charge on any atom is 0.315 e. The summed E-state index contributed by atoms with van der Waals surface area (Å²) in [4.78, 5) is 14.3. The maximum atomic E-state index is 11.9. The summed E-state index contributed by atoms with van der Waals surface area (Å²) >= 11 is 5.84. The van der Waals surface area contributed by atoms with Gasteiger partial charge in [0.05, 0.1) is 12.6 Å². The second kappa shape index (κ2) is 8.36. The van der Waals surface area contributed by atoms with Crippen molar-refractivity contribution in [2.75, 3.05) is 26.2 Å². The van der Waals surface area contributed by atoms with Crippen LogP contribution < -0.4 is 10.6 Å². The number of nitrogens with zero attached hydrogens (tertiary/aromatic N) is 1. The molecule has 1 unspecified atom stereocenters. The molecule has 0 radical (unpaired) electrons. The fourth-order valence-corrected chi connectivity index (χ4v) is 2.62. The van der Waals surface area contributed by atoms with Crippen LogP contribution in [0.4, 0.5) is 4.79 Å². The lowest BCUT2D eigenvalue weighted by Gasteiger charge is -2.21. The average molecular weight is 326 g/mol. The third-order valence-electron chi connectivity index (χ3n) is 3.91. The van der Waals surface area contributed by atoms with Crippen LogP contribution in [0, 0.1) is 0 Å². The van der Waals surface area contributed by atoms with Gasteiger partial charge in [-0.15, -0.1) is 0 Å².